The topological polar surface area (TPSA) is 102 Å². The summed E-state index contributed by atoms with van der Waals surface area (Å²) in [6, 6.07) is 12.2. The van der Waals surface area contributed by atoms with Gasteiger partial charge in [-0.3, -0.25) is 4.79 Å². The molecule has 2 heterocycles. The first kappa shape index (κ1) is 26.4. The van der Waals surface area contributed by atoms with Gasteiger partial charge in [-0.1, -0.05) is 35.3 Å². The maximum Gasteiger partial charge on any atom is 0.340 e. The van der Waals surface area contributed by atoms with Gasteiger partial charge in [0.25, 0.3) is 5.56 Å². The van der Waals surface area contributed by atoms with Crippen LogP contribution in [0, 0.1) is 6.92 Å². The lowest BCUT2D eigenvalue weighted by Gasteiger charge is -2.29. The fourth-order valence-electron chi connectivity index (χ4n) is 4.48. The number of ether oxygens (including phenoxy) is 4. The lowest BCUT2D eigenvalue weighted by atomic mass is 9.83. The van der Waals surface area contributed by atoms with Crippen molar-refractivity contribution in [2.45, 2.75) is 25.8 Å². The second kappa shape index (κ2) is 10.8. The molecule has 0 saturated heterocycles. The summed E-state index contributed by atoms with van der Waals surface area (Å²) in [6.45, 7) is 2.18. The summed E-state index contributed by atoms with van der Waals surface area (Å²) < 4.78 is 23.1. The molecule has 2 aromatic carbocycles. The van der Waals surface area contributed by atoms with Crippen LogP contribution in [0.4, 0.5) is 0 Å². The van der Waals surface area contributed by atoms with Gasteiger partial charge in [-0.2, -0.15) is 0 Å². The Bertz CT molecular complexity index is 1460. The van der Waals surface area contributed by atoms with E-state index in [0.717, 1.165) is 5.56 Å². The molecule has 1 unspecified atom stereocenters. The Morgan fingerprint density at radius 3 is 2.41 bits per heavy atom. The first-order valence-corrected chi connectivity index (χ1v) is 12.1. The van der Waals surface area contributed by atoms with Crippen LogP contribution in [0.1, 0.15) is 28.3 Å². The van der Waals surface area contributed by atoms with Crippen LogP contribution in [-0.4, -0.2) is 31.9 Å². The van der Waals surface area contributed by atoms with Gasteiger partial charge in [-0.25, -0.2) is 4.79 Å². The molecule has 0 saturated carbocycles. The van der Waals surface area contributed by atoms with Crippen LogP contribution >= 0.6 is 23.2 Å². The Labute approximate surface area is 224 Å². The van der Waals surface area contributed by atoms with Gasteiger partial charge in [0.15, 0.2) is 11.5 Å². The maximum atomic E-state index is 13.9. The van der Waals surface area contributed by atoms with Crippen molar-refractivity contribution in [3.8, 4) is 17.2 Å². The Morgan fingerprint density at radius 1 is 1.03 bits per heavy atom. The zero-order valence-corrected chi connectivity index (χ0v) is 22.3. The van der Waals surface area contributed by atoms with Crippen molar-refractivity contribution in [2.75, 3.05) is 21.3 Å². The largest absolute Gasteiger partial charge is 0.493 e. The molecule has 3 aromatic rings. The number of hydrogen-bond acceptors (Lipinski definition) is 7. The minimum absolute atomic E-state index is 0.0146. The smallest absolute Gasteiger partial charge is 0.340 e. The summed E-state index contributed by atoms with van der Waals surface area (Å²) in [7, 11) is 4.38. The minimum atomic E-state index is -0.869. The lowest BCUT2D eigenvalue weighted by molar-refractivity contribution is -0.136. The predicted molar refractivity (Wildman–Crippen MR) is 141 cm³/mol. The maximum absolute atomic E-state index is 13.9. The van der Waals surface area contributed by atoms with Crippen LogP contribution in [0.5, 0.6) is 17.2 Å². The van der Waals surface area contributed by atoms with Crippen LogP contribution in [0.3, 0.4) is 0 Å². The highest BCUT2D eigenvalue weighted by molar-refractivity contribution is 6.42. The first-order valence-electron chi connectivity index (χ1n) is 11.4. The standard InChI is InChI=1S/C27H26Cl2N2O6/c1-14-11-21-23(26(32)31(14)10-9-15-5-8-19(34-2)20(12-15)35-3)22(16-6-7-17(28)18(29)13-16)24(25(30)37-21)27(33)36-4/h5-8,11-13,22H,9-10,30H2,1-4H3. The van der Waals surface area contributed by atoms with Crippen LogP contribution in [0.2, 0.25) is 10.0 Å². The molecule has 10 heteroatoms. The number of carbonyl (C=O) groups excluding carboxylic acids is 1. The summed E-state index contributed by atoms with van der Waals surface area (Å²) in [5.41, 5.74) is 8.29. The molecule has 1 aromatic heterocycles. The van der Waals surface area contributed by atoms with Crippen molar-refractivity contribution >= 4 is 29.2 Å². The molecule has 194 valence electrons. The van der Waals surface area contributed by atoms with Crippen LogP contribution < -0.4 is 25.5 Å². The average Bonchev–Trinajstić information content (AvgIpc) is 2.88. The second-order valence-corrected chi connectivity index (χ2v) is 9.25. The van der Waals surface area contributed by atoms with Gasteiger partial charge < -0.3 is 29.2 Å². The molecule has 2 N–H and O–H groups in total. The number of nitrogens with zero attached hydrogens (tertiary/aromatic N) is 1. The Morgan fingerprint density at radius 2 is 1.76 bits per heavy atom. The Hall–Kier alpha value is -3.62. The molecule has 0 fully saturated rings. The molecule has 0 spiro atoms. The fraction of sp³-hybridized carbons (Fsp3) is 0.259. The number of fused-ring (bicyclic) bond motifs is 1. The number of carbonyl (C=O) groups is 1. The van der Waals surface area contributed by atoms with Crippen molar-refractivity contribution in [1.82, 2.24) is 4.57 Å². The quantitative estimate of drug-likeness (QED) is 0.434. The monoisotopic (exact) mass is 544 g/mol. The number of nitrogens with two attached hydrogens (primary N) is 1. The summed E-state index contributed by atoms with van der Waals surface area (Å²) in [4.78, 5) is 26.7. The number of aryl methyl sites for hydroxylation is 2. The molecule has 4 rings (SSSR count). The van der Waals surface area contributed by atoms with Gasteiger partial charge in [0, 0.05) is 18.3 Å². The van der Waals surface area contributed by atoms with Crippen LogP contribution in [0.15, 0.2) is 58.7 Å². The van der Waals surface area contributed by atoms with E-state index in [2.05, 4.69) is 0 Å². The highest BCUT2D eigenvalue weighted by Gasteiger charge is 2.38. The van der Waals surface area contributed by atoms with Gasteiger partial charge in [0.05, 0.1) is 42.9 Å². The number of hydrogen-bond donors (Lipinski definition) is 1. The molecular formula is C27H26Cl2N2O6. The predicted octanol–water partition coefficient (Wildman–Crippen LogP) is 4.59. The zero-order valence-electron chi connectivity index (χ0n) is 20.8. The normalized spacial score (nSPS) is 14.6. The molecule has 0 bridgehead atoms. The number of pyridine rings is 1. The molecule has 8 nitrogen and oxygen atoms in total. The molecular weight excluding hydrogens is 519 g/mol. The number of rotatable bonds is 7. The van der Waals surface area contributed by atoms with E-state index in [1.165, 1.54) is 7.11 Å². The third kappa shape index (κ3) is 4.99. The summed E-state index contributed by atoms with van der Waals surface area (Å²) in [5, 5.41) is 0.612. The van der Waals surface area contributed by atoms with E-state index in [1.807, 2.05) is 25.1 Å². The molecule has 37 heavy (non-hydrogen) atoms. The molecule has 0 aliphatic carbocycles. The minimum Gasteiger partial charge on any atom is -0.493 e. The highest BCUT2D eigenvalue weighted by atomic mass is 35.5. The fourth-order valence-corrected chi connectivity index (χ4v) is 4.78. The van der Waals surface area contributed by atoms with E-state index < -0.39 is 11.9 Å². The third-order valence-corrected chi connectivity index (χ3v) is 7.06. The van der Waals surface area contributed by atoms with Gasteiger partial charge in [-0.15, -0.1) is 0 Å². The number of esters is 1. The van der Waals surface area contributed by atoms with Gasteiger partial charge >= 0.3 is 5.97 Å². The summed E-state index contributed by atoms with van der Waals surface area (Å²) >= 11 is 12.4. The molecule has 1 aliphatic heterocycles. The first-order chi connectivity index (χ1) is 17.7. The molecule has 0 amide bonds. The summed E-state index contributed by atoms with van der Waals surface area (Å²) in [6.07, 6.45) is 0.542. The van der Waals surface area contributed by atoms with E-state index in [4.69, 9.17) is 47.9 Å². The Balaban J connectivity index is 1.82. The van der Waals surface area contributed by atoms with Crippen LogP contribution in [-0.2, 0) is 22.5 Å². The number of aromatic nitrogens is 1. The summed E-state index contributed by atoms with van der Waals surface area (Å²) in [5.74, 6) is -0.230. The zero-order chi connectivity index (χ0) is 26.9. The van der Waals surface area contributed by atoms with Crippen molar-refractivity contribution < 1.29 is 23.7 Å². The van der Waals surface area contributed by atoms with Crippen molar-refractivity contribution in [1.29, 1.82) is 0 Å². The molecule has 1 atom stereocenters. The van der Waals surface area contributed by atoms with E-state index in [0.29, 0.717) is 40.7 Å². The van der Waals surface area contributed by atoms with E-state index in [-0.39, 0.29) is 33.4 Å². The van der Waals surface area contributed by atoms with Crippen molar-refractivity contribution in [3.63, 3.8) is 0 Å². The van der Waals surface area contributed by atoms with Crippen molar-refractivity contribution in [2.24, 2.45) is 5.73 Å². The molecule has 0 radical (unpaired) electrons. The SMILES string of the molecule is COC(=O)C1=C(N)Oc2cc(C)n(CCc3ccc(OC)c(OC)c3)c(=O)c2C1c1ccc(Cl)c(Cl)c1. The van der Waals surface area contributed by atoms with Crippen molar-refractivity contribution in [3.05, 3.63) is 96.7 Å². The highest BCUT2D eigenvalue weighted by Crippen LogP contribution is 2.42. The van der Waals surface area contributed by atoms with Gasteiger partial charge in [-0.05, 0) is 48.7 Å². The molecule has 1 aliphatic rings. The second-order valence-electron chi connectivity index (χ2n) is 8.44. The van der Waals surface area contributed by atoms with E-state index in [9.17, 15) is 9.59 Å². The number of benzene rings is 2. The van der Waals surface area contributed by atoms with E-state index >= 15 is 0 Å². The number of methoxy groups -OCH3 is 3. The van der Waals surface area contributed by atoms with Gasteiger partial charge in [0.1, 0.15) is 11.3 Å². The van der Waals surface area contributed by atoms with E-state index in [1.54, 1.807) is 43.1 Å². The Kier molecular flexibility index (Phi) is 7.71. The van der Waals surface area contributed by atoms with Crippen LogP contribution in [0.25, 0.3) is 0 Å². The van der Waals surface area contributed by atoms with Gasteiger partial charge in [0.2, 0.25) is 5.88 Å². The average molecular weight is 545 g/mol. The number of halogens is 2. The third-order valence-electron chi connectivity index (χ3n) is 6.32. The lowest BCUT2D eigenvalue weighted by Crippen LogP contribution is -2.35.